The van der Waals surface area contributed by atoms with Gasteiger partial charge in [-0.15, -0.1) is 0 Å². The molecule has 4 heteroatoms. The van der Waals surface area contributed by atoms with Gasteiger partial charge in [-0.25, -0.2) is 4.98 Å². The third-order valence-electron chi connectivity index (χ3n) is 18.6. The number of fused-ring (bicyclic) bond motifs is 16. The second-order valence-electron chi connectivity index (χ2n) is 25.5. The smallest absolute Gasteiger partial charge is 0.252 e. The zero-order chi connectivity index (χ0) is 56.1. The van der Waals surface area contributed by atoms with Crippen LogP contribution in [-0.4, -0.2) is 11.7 Å². The molecule has 0 radical (unpaired) electrons. The predicted molar refractivity (Wildman–Crippen MR) is 351 cm³/mol. The van der Waals surface area contributed by atoms with Crippen molar-refractivity contribution in [3.63, 3.8) is 0 Å². The lowest BCUT2D eigenvalue weighted by Gasteiger charge is -2.45. The van der Waals surface area contributed by atoms with Gasteiger partial charge in [-0.2, -0.15) is 0 Å². The quantitative estimate of drug-likeness (QED) is 0.160. The number of nitrogens with zero attached hydrogens (tertiary/aromatic N) is 3. The molecule has 0 saturated heterocycles. The summed E-state index contributed by atoms with van der Waals surface area (Å²) in [6.07, 6.45) is 0. The zero-order valence-electron chi connectivity index (χ0n) is 48.1. The van der Waals surface area contributed by atoms with E-state index in [0.717, 1.165) is 39.3 Å². The first-order chi connectivity index (χ1) is 40.3. The second kappa shape index (κ2) is 18.0. The molecule has 16 rings (SSSR count). The minimum Gasteiger partial charge on any atom is -0.311 e. The molecule has 2 aliphatic carbocycles. The highest BCUT2D eigenvalue weighted by Gasteiger charge is 2.54. The lowest BCUT2D eigenvalue weighted by atomic mass is 9.33. The van der Waals surface area contributed by atoms with Crippen LogP contribution in [0.4, 0.5) is 34.1 Å². The van der Waals surface area contributed by atoms with Gasteiger partial charge in [-0.05, 0) is 184 Å². The Morgan fingerprint density at radius 3 is 1.59 bits per heavy atom. The van der Waals surface area contributed by atoms with Gasteiger partial charge in [0.25, 0.3) is 6.71 Å². The summed E-state index contributed by atoms with van der Waals surface area (Å²) in [5.74, 6) is 0. The van der Waals surface area contributed by atoms with Crippen LogP contribution >= 0.6 is 0 Å². The molecule has 83 heavy (non-hydrogen) atoms. The van der Waals surface area contributed by atoms with E-state index < -0.39 is 5.41 Å². The molecule has 0 bridgehead atoms. The number of benzene rings is 11. The second-order valence-corrected chi connectivity index (χ2v) is 25.5. The van der Waals surface area contributed by atoms with Crippen molar-refractivity contribution in [2.45, 2.75) is 64.7 Å². The van der Waals surface area contributed by atoms with Crippen LogP contribution in [0, 0.1) is 6.92 Å². The van der Waals surface area contributed by atoms with E-state index in [-0.39, 0.29) is 17.5 Å². The lowest BCUT2D eigenvalue weighted by molar-refractivity contribution is 0.590. The maximum Gasteiger partial charge on any atom is 0.252 e. The molecule has 0 saturated carbocycles. The van der Waals surface area contributed by atoms with Gasteiger partial charge in [-0.3, -0.25) is 0 Å². The summed E-state index contributed by atoms with van der Waals surface area (Å²) in [6, 6.07) is 94.3. The standard InChI is InChI=1S/C79H62BN3/c1-49-41-73-76-74(42-49)83(55-27-15-10-16-28-55)72-48-65-61(47-68(72)80(76)67-45-54(78(5,6)7)37-40-71(67)82(73)56-38-35-53(36-39-56)77(2,3)4)58-30-19-21-33-63(58)79(65)64-34-22-20-32-60(64)75-59-31-18-17-29-57(59)62(46-66(75)79)70-44-52(50-23-11-8-12-24-50)43-69(81-70)51-25-13-9-14-26-51/h8-48H,1-7H3. The number of aromatic nitrogens is 1. The molecule has 12 aromatic rings. The molecule has 4 aliphatic rings. The molecule has 0 fully saturated rings. The van der Waals surface area contributed by atoms with Crippen LogP contribution in [0.1, 0.15) is 80.5 Å². The van der Waals surface area contributed by atoms with Crippen LogP contribution in [-0.2, 0) is 16.2 Å². The van der Waals surface area contributed by atoms with Crippen LogP contribution in [0.25, 0.3) is 66.7 Å². The number of rotatable bonds is 5. The summed E-state index contributed by atoms with van der Waals surface area (Å²) < 4.78 is 0. The first kappa shape index (κ1) is 49.3. The van der Waals surface area contributed by atoms with E-state index in [0.29, 0.717) is 0 Å². The molecule has 0 N–H and O–H groups in total. The number of pyridine rings is 1. The molecular weight excluding hydrogens is 1000 g/mol. The molecular formula is C79H62BN3. The van der Waals surface area contributed by atoms with E-state index >= 15 is 0 Å². The van der Waals surface area contributed by atoms with E-state index in [1.165, 1.54) is 117 Å². The summed E-state index contributed by atoms with van der Waals surface area (Å²) in [4.78, 5) is 10.8. The Kier molecular flexibility index (Phi) is 10.7. The number of anilines is 6. The summed E-state index contributed by atoms with van der Waals surface area (Å²) in [5, 5.41) is 2.42. The summed E-state index contributed by atoms with van der Waals surface area (Å²) >= 11 is 0. The third kappa shape index (κ3) is 7.28. The normalized spacial score (nSPS) is 15.1. The molecule has 396 valence electrons. The van der Waals surface area contributed by atoms with Crippen molar-refractivity contribution in [3.8, 4) is 55.9 Å². The number of aryl methyl sites for hydroxylation is 1. The summed E-state index contributed by atoms with van der Waals surface area (Å²) in [5.41, 5.74) is 31.1. The maximum atomic E-state index is 5.66. The minimum absolute atomic E-state index is 0.0297. The van der Waals surface area contributed by atoms with Crippen LogP contribution < -0.4 is 26.2 Å². The van der Waals surface area contributed by atoms with Crippen molar-refractivity contribution in [3.05, 3.63) is 288 Å². The molecule has 1 aromatic heterocycles. The maximum absolute atomic E-state index is 5.66. The lowest BCUT2D eigenvalue weighted by Crippen LogP contribution is -2.61. The highest BCUT2D eigenvalue weighted by Crippen LogP contribution is 2.65. The van der Waals surface area contributed by atoms with E-state index in [4.69, 9.17) is 4.98 Å². The number of hydrogen-bond donors (Lipinski definition) is 0. The minimum atomic E-state index is -0.675. The molecule has 0 amide bonds. The van der Waals surface area contributed by atoms with E-state index in [1.807, 2.05) is 0 Å². The Morgan fingerprint density at radius 1 is 0.361 bits per heavy atom. The molecule has 1 spiro atoms. The van der Waals surface area contributed by atoms with Crippen molar-refractivity contribution < 1.29 is 0 Å². The average molecular weight is 1060 g/mol. The third-order valence-corrected chi connectivity index (χ3v) is 18.6. The monoisotopic (exact) mass is 1060 g/mol. The van der Waals surface area contributed by atoms with Gasteiger partial charge in [0.15, 0.2) is 0 Å². The highest BCUT2D eigenvalue weighted by atomic mass is 15.2. The largest absolute Gasteiger partial charge is 0.311 e. The number of hydrogen-bond acceptors (Lipinski definition) is 3. The Balaban J connectivity index is 1.00. The topological polar surface area (TPSA) is 19.4 Å². The van der Waals surface area contributed by atoms with E-state index in [9.17, 15) is 0 Å². The van der Waals surface area contributed by atoms with Crippen molar-refractivity contribution in [1.29, 1.82) is 0 Å². The molecule has 1 unspecified atom stereocenters. The fourth-order valence-electron chi connectivity index (χ4n) is 14.8. The van der Waals surface area contributed by atoms with Gasteiger partial charge in [0.2, 0.25) is 0 Å². The fourth-order valence-corrected chi connectivity index (χ4v) is 14.8. The van der Waals surface area contributed by atoms with Gasteiger partial charge >= 0.3 is 0 Å². The molecule has 2 aliphatic heterocycles. The highest BCUT2D eigenvalue weighted by molar-refractivity contribution is 7.00. The van der Waals surface area contributed by atoms with Crippen molar-refractivity contribution in [2.75, 3.05) is 9.80 Å². The number of para-hydroxylation sites is 1. The van der Waals surface area contributed by atoms with Crippen LogP contribution in [0.2, 0.25) is 0 Å². The first-order valence-corrected chi connectivity index (χ1v) is 29.5. The van der Waals surface area contributed by atoms with Gasteiger partial charge in [0.1, 0.15) is 0 Å². The van der Waals surface area contributed by atoms with Crippen molar-refractivity contribution >= 4 is 68.0 Å². The van der Waals surface area contributed by atoms with Crippen molar-refractivity contribution in [1.82, 2.24) is 4.98 Å². The van der Waals surface area contributed by atoms with Crippen LogP contribution in [0.15, 0.2) is 249 Å². The SMILES string of the molecule is Cc1cc2c3c(c1)N(c1ccccc1)c1cc4c(cc1B3c1cc(C(C)(C)C)ccc1N2c1ccc(C(C)(C)C)cc1)-c1ccccc1C41c2ccccc2-c2c1cc(-c1cc(-c3ccccc3)cc(-c3ccccc3)n1)c1ccccc21. The van der Waals surface area contributed by atoms with Gasteiger partial charge in [0.05, 0.1) is 16.8 Å². The fraction of sp³-hybridized carbons (Fsp3) is 0.127. The van der Waals surface area contributed by atoms with Crippen LogP contribution in [0.5, 0.6) is 0 Å². The first-order valence-electron chi connectivity index (χ1n) is 29.5. The Morgan fingerprint density at radius 2 is 0.904 bits per heavy atom. The van der Waals surface area contributed by atoms with E-state index in [1.54, 1.807) is 0 Å². The van der Waals surface area contributed by atoms with E-state index in [2.05, 4.69) is 307 Å². The van der Waals surface area contributed by atoms with Gasteiger partial charge < -0.3 is 9.80 Å². The Hall–Kier alpha value is -9.51. The zero-order valence-corrected chi connectivity index (χ0v) is 48.1. The average Bonchev–Trinajstić information content (AvgIpc) is 1.83. The van der Waals surface area contributed by atoms with Crippen LogP contribution in [0.3, 0.4) is 0 Å². The molecule has 3 nitrogen and oxygen atoms in total. The Labute approximate surface area is 488 Å². The Bertz CT molecular complexity index is 4590. The van der Waals surface area contributed by atoms with Gasteiger partial charge in [-0.1, -0.05) is 224 Å². The summed E-state index contributed by atoms with van der Waals surface area (Å²) in [7, 11) is 0. The van der Waals surface area contributed by atoms with Gasteiger partial charge in [0, 0.05) is 45.3 Å². The predicted octanol–water partition coefficient (Wildman–Crippen LogP) is 18.6. The molecule has 11 aromatic carbocycles. The van der Waals surface area contributed by atoms with Crippen molar-refractivity contribution in [2.24, 2.45) is 0 Å². The summed E-state index contributed by atoms with van der Waals surface area (Å²) in [6.45, 7) is 16.2. The molecule has 1 atom stereocenters. The molecule has 3 heterocycles.